The van der Waals surface area contributed by atoms with Crippen LogP contribution in [0.2, 0.25) is 5.02 Å². The Morgan fingerprint density at radius 2 is 1.90 bits per heavy atom. The fraction of sp³-hybridized carbons (Fsp3) is 0.588. The monoisotopic (exact) mass is 308 g/mol. The van der Waals surface area contributed by atoms with Gasteiger partial charge in [0.15, 0.2) is 0 Å². The maximum absolute atomic E-state index is 12.3. The molecule has 1 amide bonds. The van der Waals surface area contributed by atoms with Gasteiger partial charge in [-0.25, -0.2) is 0 Å². The average molecular weight is 309 g/mol. The standard InChI is InChI=1S/C17H25ClN2O/c1-13(17(21)19-16-6-4-3-5-7-16)20(2)12-14-8-10-15(18)11-9-14/h8-11,13,16H,3-7,12H2,1-2H3,(H,19,21). The van der Waals surface area contributed by atoms with Gasteiger partial charge in [0, 0.05) is 17.6 Å². The van der Waals surface area contributed by atoms with Gasteiger partial charge in [-0.05, 0) is 44.5 Å². The van der Waals surface area contributed by atoms with Crippen LogP contribution >= 0.6 is 11.6 Å². The van der Waals surface area contributed by atoms with Gasteiger partial charge in [-0.2, -0.15) is 0 Å². The van der Waals surface area contributed by atoms with E-state index in [1.165, 1.54) is 24.8 Å². The Bertz CT molecular complexity index is 454. The molecule has 1 fully saturated rings. The predicted molar refractivity (Wildman–Crippen MR) is 87.4 cm³/mol. The second-order valence-electron chi connectivity index (χ2n) is 6.06. The number of nitrogens with zero attached hydrogens (tertiary/aromatic N) is 1. The fourth-order valence-corrected chi connectivity index (χ4v) is 2.91. The first kappa shape index (κ1) is 16.3. The molecule has 1 N–H and O–H groups in total. The Hall–Kier alpha value is -1.06. The molecular weight excluding hydrogens is 284 g/mol. The van der Waals surface area contributed by atoms with Crippen LogP contribution in [0.4, 0.5) is 0 Å². The lowest BCUT2D eigenvalue weighted by molar-refractivity contribution is -0.126. The number of hydrogen-bond donors (Lipinski definition) is 1. The van der Waals surface area contributed by atoms with Gasteiger partial charge in [-0.3, -0.25) is 9.69 Å². The first-order valence-electron chi connectivity index (χ1n) is 7.81. The summed E-state index contributed by atoms with van der Waals surface area (Å²) < 4.78 is 0. The van der Waals surface area contributed by atoms with Crippen molar-refractivity contribution in [1.29, 1.82) is 0 Å². The van der Waals surface area contributed by atoms with Crippen molar-refractivity contribution in [3.05, 3.63) is 34.9 Å². The molecule has 0 aromatic heterocycles. The third-order valence-electron chi connectivity index (χ3n) is 4.34. The summed E-state index contributed by atoms with van der Waals surface area (Å²) in [5.41, 5.74) is 1.17. The molecule has 1 aromatic carbocycles. The zero-order valence-corrected chi connectivity index (χ0v) is 13.7. The van der Waals surface area contributed by atoms with Crippen LogP contribution in [-0.4, -0.2) is 29.9 Å². The number of carbonyl (C=O) groups is 1. The van der Waals surface area contributed by atoms with Gasteiger partial charge >= 0.3 is 0 Å². The van der Waals surface area contributed by atoms with E-state index in [4.69, 9.17) is 11.6 Å². The molecule has 1 aliphatic carbocycles. The quantitative estimate of drug-likeness (QED) is 0.901. The van der Waals surface area contributed by atoms with Crippen LogP contribution in [0.15, 0.2) is 24.3 Å². The van der Waals surface area contributed by atoms with E-state index < -0.39 is 0 Å². The van der Waals surface area contributed by atoms with E-state index in [0.29, 0.717) is 6.04 Å². The first-order chi connectivity index (χ1) is 10.1. The van der Waals surface area contributed by atoms with Crippen LogP contribution < -0.4 is 5.32 Å². The highest BCUT2D eigenvalue weighted by Crippen LogP contribution is 2.18. The number of rotatable bonds is 5. The Labute approximate surface area is 132 Å². The maximum atomic E-state index is 12.3. The highest BCUT2D eigenvalue weighted by molar-refractivity contribution is 6.30. The molecule has 3 nitrogen and oxygen atoms in total. The molecule has 1 atom stereocenters. The normalized spacial score (nSPS) is 17.7. The van der Waals surface area contributed by atoms with Gasteiger partial charge in [-0.1, -0.05) is 43.0 Å². The van der Waals surface area contributed by atoms with Crippen molar-refractivity contribution in [2.75, 3.05) is 7.05 Å². The van der Waals surface area contributed by atoms with Gasteiger partial charge in [-0.15, -0.1) is 0 Å². The minimum atomic E-state index is -0.123. The summed E-state index contributed by atoms with van der Waals surface area (Å²) >= 11 is 5.89. The second-order valence-corrected chi connectivity index (χ2v) is 6.50. The van der Waals surface area contributed by atoms with Crippen LogP contribution in [-0.2, 0) is 11.3 Å². The molecule has 116 valence electrons. The molecule has 21 heavy (non-hydrogen) atoms. The molecule has 0 heterocycles. The zero-order chi connectivity index (χ0) is 15.2. The van der Waals surface area contributed by atoms with Crippen LogP contribution in [0.5, 0.6) is 0 Å². The average Bonchev–Trinajstić information content (AvgIpc) is 2.49. The van der Waals surface area contributed by atoms with Gasteiger partial charge < -0.3 is 5.32 Å². The lowest BCUT2D eigenvalue weighted by atomic mass is 9.95. The van der Waals surface area contributed by atoms with E-state index >= 15 is 0 Å². The molecule has 2 rings (SSSR count). The topological polar surface area (TPSA) is 32.3 Å². The predicted octanol–water partition coefficient (Wildman–Crippen LogP) is 3.61. The second kappa shape index (κ2) is 7.81. The molecule has 1 aromatic rings. The van der Waals surface area contributed by atoms with Gasteiger partial charge in [0.1, 0.15) is 0 Å². The van der Waals surface area contributed by atoms with E-state index in [1.807, 2.05) is 38.2 Å². The maximum Gasteiger partial charge on any atom is 0.237 e. The lowest BCUT2D eigenvalue weighted by Crippen LogP contribution is -2.47. The molecule has 4 heteroatoms. The minimum Gasteiger partial charge on any atom is -0.352 e. The number of carbonyl (C=O) groups excluding carboxylic acids is 1. The van der Waals surface area contributed by atoms with Gasteiger partial charge in [0.2, 0.25) is 5.91 Å². The molecule has 1 saturated carbocycles. The van der Waals surface area contributed by atoms with Crippen LogP contribution in [0.25, 0.3) is 0 Å². The smallest absolute Gasteiger partial charge is 0.237 e. The van der Waals surface area contributed by atoms with E-state index in [0.717, 1.165) is 24.4 Å². The number of nitrogens with one attached hydrogen (secondary N) is 1. The molecule has 1 unspecified atom stereocenters. The van der Waals surface area contributed by atoms with Crippen molar-refractivity contribution in [3.8, 4) is 0 Å². The molecule has 0 spiro atoms. The van der Waals surface area contributed by atoms with E-state index in [1.54, 1.807) is 0 Å². The van der Waals surface area contributed by atoms with E-state index in [9.17, 15) is 4.79 Å². The van der Waals surface area contributed by atoms with E-state index in [2.05, 4.69) is 10.2 Å². The van der Waals surface area contributed by atoms with Crippen molar-refractivity contribution in [3.63, 3.8) is 0 Å². The van der Waals surface area contributed by atoms with Crippen molar-refractivity contribution in [1.82, 2.24) is 10.2 Å². The zero-order valence-electron chi connectivity index (χ0n) is 12.9. The Balaban J connectivity index is 1.84. The number of halogens is 1. The Kier molecular flexibility index (Phi) is 6.07. The third kappa shape index (κ3) is 5.01. The molecule has 0 aliphatic heterocycles. The molecule has 0 bridgehead atoms. The van der Waals surface area contributed by atoms with Crippen LogP contribution in [0.1, 0.15) is 44.6 Å². The molecule has 1 aliphatic rings. The fourth-order valence-electron chi connectivity index (χ4n) is 2.78. The Morgan fingerprint density at radius 3 is 2.52 bits per heavy atom. The minimum absolute atomic E-state index is 0.123. The molecule has 0 saturated heterocycles. The third-order valence-corrected chi connectivity index (χ3v) is 4.59. The summed E-state index contributed by atoms with van der Waals surface area (Å²) in [6, 6.07) is 8.03. The van der Waals surface area contributed by atoms with Crippen molar-refractivity contribution in [2.45, 2.75) is 57.7 Å². The summed E-state index contributed by atoms with van der Waals surface area (Å²) in [4.78, 5) is 14.4. The Morgan fingerprint density at radius 1 is 1.29 bits per heavy atom. The number of hydrogen-bond acceptors (Lipinski definition) is 2. The molecular formula is C17H25ClN2O. The summed E-state index contributed by atoms with van der Waals surface area (Å²) in [5.74, 6) is 0.137. The first-order valence-corrected chi connectivity index (χ1v) is 8.19. The van der Waals surface area contributed by atoms with Crippen molar-refractivity contribution >= 4 is 17.5 Å². The summed E-state index contributed by atoms with van der Waals surface area (Å²) in [5, 5.41) is 3.93. The number of benzene rings is 1. The number of amides is 1. The SMILES string of the molecule is CC(C(=O)NC1CCCCC1)N(C)Cc1ccc(Cl)cc1. The summed E-state index contributed by atoms with van der Waals surface area (Å²) in [6.07, 6.45) is 6.02. The van der Waals surface area contributed by atoms with Gasteiger partial charge in [0.05, 0.1) is 6.04 Å². The highest BCUT2D eigenvalue weighted by atomic mass is 35.5. The van der Waals surface area contributed by atoms with E-state index in [-0.39, 0.29) is 11.9 Å². The lowest BCUT2D eigenvalue weighted by Gasteiger charge is -2.28. The van der Waals surface area contributed by atoms with Crippen molar-refractivity contribution in [2.24, 2.45) is 0 Å². The largest absolute Gasteiger partial charge is 0.352 e. The number of likely N-dealkylation sites (N-methyl/N-ethyl adjacent to an activating group) is 1. The van der Waals surface area contributed by atoms with Crippen LogP contribution in [0, 0.1) is 0 Å². The summed E-state index contributed by atoms with van der Waals surface area (Å²) in [6.45, 7) is 2.71. The van der Waals surface area contributed by atoms with Crippen LogP contribution in [0.3, 0.4) is 0 Å². The summed E-state index contributed by atoms with van der Waals surface area (Å²) in [7, 11) is 1.99. The van der Waals surface area contributed by atoms with Gasteiger partial charge in [0.25, 0.3) is 0 Å². The van der Waals surface area contributed by atoms with Crippen molar-refractivity contribution < 1.29 is 4.79 Å². The highest BCUT2D eigenvalue weighted by Gasteiger charge is 2.22. The molecule has 0 radical (unpaired) electrons.